The van der Waals surface area contributed by atoms with Gasteiger partial charge in [0.2, 0.25) is 0 Å². The average molecular weight is 277 g/mol. The van der Waals surface area contributed by atoms with Crippen LogP contribution in [0.3, 0.4) is 0 Å². The molecule has 3 rings (SSSR count). The van der Waals surface area contributed by atoms with E-state index in [0.29, 0.717) is 12.0 Å². The van der Waals surface area contributed by atoms with Crippen LogP contribution < -0.4 is 11.1 Å². The van der Waals surface area contributed by atoms with E-state index in [1.54, 1.807) is 11.3 Å². The quantitative estimate of drug-likeness (QED) is 0.846. The summed E-state index contributed by atoms with van der Waals surface area (Å²) in [6.45, 7) is 4.00. The van der Waals surface area contributed by atoms with E-state index >= 15 is 0 Å². The molecule has 4 nitrogen and oxygen atoms in total. The van der Waals surface area contributed by atoms with Gasteiger partial charge in [0.25, 0.3) is 0 Å². The normalized spacial score (nSPS) is 18.6. The van der Waals surface area contributed by atoms with Gasteiger partial charge in [0.05, 0.1) is 10.2 Å². The number of benzene rings is 1. The molecular formula is C14H19N3OS. The van der Waals surface area contributed by atoms with Crippen molar-refractivity contribution in [2.75, 3.05) is 24.3 Å². The molecule has 19 heavy (non-hydrogen) atoms. The van der Waals surface area contributed by atoms with Gasteiger partial charge >= 0.3 is 0 Å². The molecule has 102 valence electrons. The second-order valence-corrected chi connectivity index (χ2v) is 6.16. The van der Waals surface area contributed by atoms with Gasteiger partial charge in [-0.05, 0) is 43.9 Å². The van der Waals surface area contributed by atoms with Gasteiger partial charge in [-0.15, -0.1) is 0 Å². The zero-order valence-electron chi connectivity index (χ0n) is 11.1. The molecular weight excluding hydrogens is 258 g/mol. The van der Waals surface area contributed by atoms with Crippen molar-refractivity contribution in [3.05, 3.63) is 18.2 Å². The Bertz CT molecular complexity index is 563. The number of ether oxygens (including phenoxy) is 1. The zero-order valence-corrected chi connectivity index (χ0v) is 11.9. The second kappa shape index (κ2) is 5.35. The fraction of sp³-hybridized carbons (Fsp3) is 0.500. The first kappa shape index (κ1) is 12.7. The van der Waals surface area contributed by atoms with Crippen molar-refractivity contribution in [1.82, 2.24) is 4.98 Å². The van der Waals surface area contributed by atoms with E-state index in [1.165, 1.54) is 0 Å². The lowest BCUT2D eigenvalue weighted by Gasteiger charge is -2.28. The van der Waals surface area contributed by atoms with Crippen molar-refractivity contribution >= 4 is 32.4 Å². The molecule has 2 heterocycles. The summed E-state index contributed by atoms with van der Waals surface area (Å²) in [6, 6.07) is 6.29. The molecule has 0 amide bonds. The van der Waals surface area contributed by atoms with Crippen LogP contribution in [0, 0.1) is 5.92 Å². The highest BCUT2D eigenvalue weighted by atomic mass is 32.1. The van der Waals surface area contributed by atoms with Gasteiger partial charge in [0.1, 0.15) is 0 Å². The van der Waals surface area contributed by atoms with Crippen molar-refractivity contribution < 1.29 is 4.74 Å². The number of fused-ring (bicyclic) bond motifs is 1. The summed E-state index contributed by atoms with van der Waals surface area (Å²) in [5.41, 5.74) is 7.60. The first-order valence-corrected chi connectivity index (χ1v) is 7.54. The number of anilines is 2. The Morgan fingerprint density at radius 2 is 2.21 bits per heavy atom. The Kier molecular flexibility index (Phi) is 3.57. The van der Waals surface area contributed by atoms with Gasteiger partial charge in [-0.3, -0.25) is 0 Å². The van der Waals surface area contributed by atoms with Gasteiger partial charge < -0.3 is 15.8 Å². The Labute approximate surface area is 117 Å². The highest BCUT2D eigenvalue weighted by Crippen LogP contribution is 2.29. The maximum Gasteiger partial charge on any atom is 0.184 e. The summed E-state index contributed by atoms with van der Waals surface area (Å²) in [7, 11) is 0. The largest absolute Gasteiger partial charge is 0.399 e. The fourth-order valence-corrected chi connectivity index (χ4v) is 3.54. The van der Waals surface area contributed by atoms with Crippen LogP contribution in [0.4, 0.5) is 10.8 Å². The molecule has 5 heteroatoms. The molecule has 1 unspecified atom stereocenters. The van der Waals surface area contributed by atoms with Crippen LogP contribution in [-0.4, -0.2) is 24.2 Å². The molecule has 1 aromatic heterocycles. The topological polar surface area (TPSA) is 60.2 Å². The average Bonchev–Trinajstić information content (AvgIpc) is 2.81. The van der Waals surface area contributed by atoms with Crippen molar-refractivity contribution in [2.24, 2.45) is 5.92 Å². The number of nitrogens with two attached hydrogens (primary N) is 1. The predicted molar refractivity (Wildman–Crippen MR) is 80.7 cm³/mol. The van der Waals surface area contributed by atoms with E-state index in [1.807, 2.05) is 18.2 Å². The fourth-order valence-electron chi connectivity index (χ4n) is 2.53. The Morgan fingerprint density at radius 3 is 3.00 bits per heavy atom. The van der Waals surface area contributed by atoms with Gasteiger partial charge in [-0.25, -0.2) is 4.98 Å². The Morgan fingerprint density at radius 1 is 1.42 bits per heavy atom. The SMILES string of the molecule is CC(Nc1nc2ccc(N)cc2s1)C1CCOCC1. The number of nitrogens with one attached hydrogen (secondary N) is 1. The molecule has 1 atom stereocenters. The van der Waals surface area contributed by atoms with Crippen LogP contribution in [-0.2, 0) is 4.74 Å². The van der Waals surface area contributed by atoms with Gasteiger partial charge in [-0.1, -0.05) is 11.3 Å². The van der Waals surface area contributed by atoms with Crippen LogP contribution in [0.2, 0.25) is 0 Å². The van der Waals surface area contributed by atoms with Gasteiger partial charge in [-0.2, -0.15) is 0 Å². The highest BCUT2D eigenvalue weighted by molar-refractivity contribution is 7.22. The monoisotopic (exact) mass is 277 g/mol. The molecule has 0 spiro atoms. The van der Waals surface area contributed by atoms with Crippen LogP contribution in [0.1, 0.15) is 19.8 Å². The lowest BCUT2D eigenvalue weighted by atomic mass is 9.93. The van der Waals surface area contributed by atoms with Crippen molar-refractivity contribution in [1.29, 1.82) is 0 Å². The third-order valence-corrected chi connectivity index (χ3v) is 4.69. The van der Waals surface area contributed by atoms with E-state index < -0.39 is 0 Å². The second-order valence-electron chi connectivity index (χ2n) is 5.13. The third-order valence-electron chi connectivity index (χ3n) is 3.74. The molecule has 2 aromatic rings. The minimum absolute atomic E-state index is 0.432. The van der Waals surface area contributed by atoms with E-state index in [0.717, 1.165) is 47.1 Å². The third kappa shape index (κ3) is 2.82. The number of rotatable bonds is 3. The molecule has 1 aliphatic heterocycles. The van der Waals surface area contributed by atoms with E-state index in [9.17, 15) is 0 Å². The molecule has 3 N–H and O–H groups in total. The molecule has 1 fully saturated rings. The summed E-state index contributed by atoms with van der Waals surface area (Å²) < 4.78 is 6.55. The highest BCUT2D eigenvalue weighted by Gasteiger charge is 2.21. The zero-order chi connectivity index (χ0) is 13.2. The Hall–Kier alpha value is -1.33. The summed E-state index contributed by atoms with van der Waals surface area (Å²) in [4.78, 5) is 4.61. The number of nitrogen functional groups attached to an aromatic ring is 1. The number of hydrogen-bond donors (Lipinski definition) is 2. The lowest BCUT2D eigenvalue weighted by Crippen LogP contribution is -2.30. The van der Waals surface area contributed by atoms with Crippen LogP contribution in [0.15, 0.2) is 18.2 Å². The number of thiazole rings is 1. The number of hydrogen-bond acceptors (Lipinski definition) is 5. The molecule has 1 saturated heterocycles. The van der Waals surface area contributed by atoms with E-state index in [4.69, 9.17) is 10.5 Å². The standard InChI is InChI=1S/C14H19N3OS/c1-9(10-4-6-18-7-5-10)16-14-17-12-3-2-11(15)8-13(12)19-14/h2-3,8-10H,4-7,15H2,1H3,(H,16,17). The number of nitrogens with zero attached hydrogens (tertiary/aromatic N) is 1. The minimum atomic E-state index is 0.432. The molecule has 1 aliphatic rings. The van der Waals surface area contributed by atoms with Crippen molar-refractivity contribution in [2.45, 2.75) is 25.8 Å². The smallest absolute Gasteiger partial charge is 0.184 e. The van der Waals surface area contributed by atoms with Crippen molar-refractivity contribution in [3.8, 4) is 0 Å². The predicted octanol–water partition coefficient (Wildman–Crippen LogP) is 3.11. The van der Waals surface area contributed by atoms with Gasteiger partial charge in [0.15, 0.2) is 5.13 Å². The van der Waals surface area contributed by atoms with Crippen LogP contribution in [0.5, 0.6) is 0 Å². The first-order valence-electron chi connectivity index (χ1n) is 6.73. The summed E-state index contributed by atoms with van der Waals surface area (Å²) in [6.07, 6.45) is 2.26. The molecule has 0 radical (unpaired) electrons. The summed E-state index contributed by atoms with van der Waals surface area (Å²) in [5, 5.41) is 4.52. The molecule has 0 aliphatic carbocycles. The lowest BCUT2D eigenvalue weighted by molar-refractivity contribution is 0.0622. The van der Waals surface area contributed by atoms with Crippen LogP contribution >= 0.6 is 11.3 Å². The molecule has 0 saturated carbocycles. The maximum absolute atomic E-state index is 5.80. The summed E-state index contributed by atoms with van der Waals surface area (Å²) >= 11 is 1.67. The van der Waals surface area contributed by atoms with E-state index in [2.05, 4.69) is 17.2 Å². The van der Waals surface area contributed by atoms with Crippen molar-refractivity contribution in [3.63, 3.8) is 0 Å². The molecule has 0 bridgehead atoms. The van der Waals surface area contributed by atoms with Crippen LogP contribution in [0.25, 0.3) is 10.2 Å². The minimum Gasteiger partial charge on any atom is -0.399 e. The Balaban J connectivity index is 1.73. The maximum atomic E-state index is 5.80. The number of aromatic nitrogens is 1. The molecule has 1 aromatic carbocycles. The summed E-state index contributed by atoms with van der Waals surface area (Å²) in [5.74, 6) is 0.672. The van der Waals surface area contributed by atoms with Gasteiger partial charge in [0, 0.05) is 24.9 Å². The van der Waals surface area contributed by atoms with E-state index in [-0.39, 0.29) is 0 Å². The first-order chi connectivity index (χ1) is 9.22.